The minimum atomic E-state index is -0.380. The third-order valence-electron chi connectivity index (χ3n) is 3.17. The average molecular weight is 267 g/mol. The van der Waals surface area contributed by atoms with Crippen molar-refractivity contribution >= 4 is 22.3 Å². The van der Waals surface area contributed by atoms with Crippen LogP contribution in [0, 0.1) is 10.1 Å². The lowest BCUT2D eigenvalue weighted by Crippen LogP contribution is -2.00. The van der Waals surface area contributed by atoms with Crippen molar-refractivity contribution in [3.63, 3.8) is 0 Å². The van der Waals surface area contributed by atoms with Crippen molar-refractivity contribution in [2.24, 2.45) is 0 Å². The standard InChI is InChI=1S/C15H13N3O2/c19-18(20)14-3-1-2-11(8-14)10-17-13-4-5-15-12(9-13)6-7-16-15/h1-9,16-17H,10H2. The molecule has 2 aromatic carbocycles. The minimum Gasteiger partial charge on any atom is -0.381 e. The number of nitrogens with one attached hydrogen (secondary N) is 2. The van der Waals surface area contributed by atoms with Gasteiger partial charge in [-0.05, 0) is 29.8 Å². The number of aromatic nitrogens is 1. The molecule has 0 saturated carbocycles. The predicted molar refractivity (Wildman–Crippen MR) is 78.7 cm³/mol. The van der Waals surface area contributed by atoms with Crippen LogP contribution in [-0.2, 0) is 6.54 Å². The highest BCUT2D eigenvalue weighted by Gasteiger charge is 2.05. The number of fused-ring (bicyclic) bond motifs is 1. The zero-order valence-electron chi connectivity index (χ0n) is 10.7. The number of hydrogen-bond donors (Lipinski definition) is 2. The number of nitrogens with zero attached hydrogens (tertiary/aromatic N) is 1. The molecule has 100 valence electrons. The SMILES string of the molecule is O=[N+]([O-])c1cccc(CNc2ccc3[nH]ccc3c2)c1. The quantitative estimate of drug-likeness (QED) is 0.559. The summed E-state index contributed by atoms with van der Waals surface area (Å²) >= 11 is 0. The van der Waals surface area contributed by atoms with E-state index in [1.165, 1.54) is 6.07 Å². The van der Waals surface area contributed by atoms with Gasteiger partial charge in [-0.3, -0.25) is 10.1 Å². The van der Waals surface area contributed by atoms with Gasteiger partial charge < -0.3 is 10.3 Å². The van der Waals surface area contributed by atoms with Gasteiger partial charge in [0.2, 0.25) is 0 Å². The number of nitro groups is 1. The van der Waals surface area contributed by atoms with Crippen molar-refractivity contribution in [2.45, 2.75) is 6.54 Å². The zero-order chi connectivity index (χ0) is 13.9. The Labute approximate surface area is 115 Å². The smallest absolute Gasteiger partial charge is 0.269 e. The molecular weight excluding hydrogens is 254 g/mol. The summed E-state index contributed by atoms with van der Waals surface area (Å²) in [5, 5.41) is 15.1. The number of hydrogen-bond acceptors (Lipinski definition) is 3. The van der Waals surface area contributed by atoms with Gasteiger partial charge in [-0.1, -0.05) is 12.1 Å². The van der Waals surface area contributed by atoms with Gasteiger partial charge in [0.1, 0.15) is 0 Å². The van der Waals surface area contributed by atoms with E-state index in [9.17, 15) is 10.1 Å². The first-order chi connectivity index (χ1) is 9.72. The molecule has 0 aliphatic rings. The third kappa shape index (κ3) is 2.47. The lowest BCUT2D eigenvalue weighted by Gasteiger charge is -2.06. The summed E-state index contributed by atoms with van der Waals surface area (Å²) in [6, 6.07) is 14.7. The molecule has 0 fully saturated rings. The van der Waals surface area contributed by atoms with Crippen molar-refractivity contribution in [3.05, 3.63) is 70.4 Å². The first kappa shape index (κ1) is 12.2. The second-order valence-electron chi connectivity index (χ2n) is 4.56. The number of aromatic amines is 1. The zero-order valence-corrected chi connectivity index (χ0v) is 10.7. The largest absolute Gasteiger partial charge is 0.381 e. The predicted octanol–water partition coefficient (Wildman–Crippen LogP) is 3.69. The fourth-order valence-electron chi connectivity index (χ4n) is 2.15. The topological polar surface area (TPSA) is 71.0 Å². The highest BCUT2D eigenvalue weighted by atomic mass is 16.6. The van der Waals surface area contributed by atoms with E-state index in [0.29, 0.717) is 6.54 Å². The number of non-ortho nitro benzene ring substituents is 1. The first-order valence-electron chi connectivity index (χ1n) is 6.27. The Morgan fingerprint density at radius 1 is 1.15 bits per heavy atom. The molecule has 0 bridgehead atoms. The number of rotatable bonds is 4. The second kappa shape index (κ2) is 5.05. The van der Waals surface area contributed by atoms with Crippen LogP contribution >= 0.6 is 0 Å². The molecule has 2 N–H and O–H groups in total. The van der Waals surface area contributed by atoms with E-state index < -0.39 is 0 Å². The molecule has 0 radical (unpaired) electrons. The lowest BCUT2D eigenvalue weighted by molar-refractivity contribution is -0.384. The van der Waals surface area contributed by atoms with Crippen LogP contribution in [0.4, 0.5) is 11.4 Å². The van der Waals surface area contributed by atoms with Crippen LogP contribution in [0.3, 0.4) is 0 Å². The van der Waals surface area contributed by atoms with Gasteiger partial charge in [0.25, 0.3) is 5.69 Å². The van der Waals surface area contributed by atoms with Crippen LogP contribution in [0.2, 0.25) is 0 Å². The van der Waals surface area contributed by atoms with E-state index in [4.69, 9.17) is 0 Å². The fourth-order valence-corrected chi connectivity index (χ4v) is 2.15. The summed E-state index contributed by atoms with van der Waals surface area (Å²) in [6.07, 6.45) is 1.90. The van der Waals surface area contributed by atoms with Gasteiger partial charge >= 0.3 is 0 Å². The van der Waals surface area contributed by atoms with Crippen molar-refractivity contribution in [1.82, 2.24) is 4.98 Å². The van der Waals surface area contributed by atoms with Crippen LogP contribution in [-0.4, -0.2) is 9.91 Å². The highest BCUT2D eigenvalue weighted by molar-refractivity contribution is 5.82. The molecule has 5 heteroatoms. The van der Waals surface area contributed by atoms with E-state index in [1.54, 1.807) is 12.1 Å². The molecular formula is C15H13N3O2. The Bertz CT molecular complexity index is 764. The van der Waals surface area contributed by atoms with Crippen LogP contribution in [0.15, 0.2) is 54.7 Å². The van der Waals surface area contributed by atoms with Gasteiger partial charge in [-0.2, -0.15) is 0 Å². The maximum atomic E-state index is 10.7. The highest BCUT2D eigenvalue weighted by Crippen LogP contribution is 2.19. The summed E-state index contributed by atoms with van der Waals surface area (Å²) in [5.41, 5.74) is 3.08. The van der Waals surface area contributed by atoms with Crippen LogP contribution in [0.1, 0.15) is 5.56 Å². The van der Waals surface area contributed by atoms with E-state index >= 15 is 0 Å². The van der Waals surface area contributed by atoms with Gasteiger partial charge in [-0.25, -0.2) is 0 Å². The normalized spacial score (nSPS) is 10.6. The summed E-state index contributed by atoms with van der Waals surface area (Å²) in [7, 11) is 0. The van der Waals surface area contributed by atoms with Gasteiger partial charge in [0.15, 0.2) is 0 Å². The molecule has 1 aromatic heterocycles. The first-order valence-corrected chi connectivity index (χ1v) is 6.27. The molecule has 0 amide bonds. The number of benzene rings is 2. The van der Waals surface area contributed by atoms with Crippen molar-refractivity contribution in [1.29, 1.82) is 0 Å². The summed E-state index contributed by atoms with van der Waals surface area (Å²) < 4.78 is 0. The van der Waals surface area contributed by atoms with E-state index in [2.05, 4.69) is 10.3 Å². The Kier molecular flexibility index (Phi) is 3.09. The summed E-state index contributed by atoms with van der Waals surface area (Å²) in [5.74, 6) is 0. The van der Waals surface area contributed by atoms with E-state index in [0.717, 1.165) is 22.2 Å². The Balaban J connectivity index is 1.75. The van der Waals surface area contributed by atoms with Crippen molar-refractivity contribution < 1.29 is 4.92 Å². The van der Waals surface area contributed by atoms with Crippen LogP contribution < -0.4 is 5.32 Å². The molecule has 0 atom stereocenters. The van der Waals surface area contributed by atoms with E-state index in [-0.39, 0.29) is 10.6 Å². The maximum Gasteiger partial charge on any atom is 0.269 e. The number of nitro benzene ring substituents is 1. The summed E-state index contributed by atoms with van der Waals surface area (Å²) in [6.45, 7) is 0.553. The Morgan fingerprint density at radius 3 is 2.90 bits per heavy atom. The number of H-pyrrole nitrogens is 1. The molecule has 20 heavy (non-hydrogen) atoms. The lowest BCUT2D eigenvalue weighted by atomic mass is 10.2. The minimum absolute atomic E-state index is 0.116. The Morgan fingerprint density at radius 2 is 2.05 bits per heavy atom. The average Bonchev–Trinajstić information content (AvgIpc) is 2.93. The second-order valence-corrected chi connectivity index (χ2v) is 4.56. The van der Waals surface area contributed by atoms with Crippen molar-refractivity contribution in [3.8, 4) is 0 Å². The van der Waals surface area contributed by atoms with E-state index in [1.807, 2.05) is 36.5 Å². The Hall–Kier alpha value is -2.82. The monoisotopic (exact) mass is 267 g/mol. The van der Waals surface area contributed by atoms with Crippen molar-refractivity contribution in [2.75, 3.05) is 5.32 Å². The van der Waals surface area contributed by atoms with Gasteiger partial charge in [0, 0.05) is 41.5 Å². The number of anilines is 1. The molecule has 0 aliphatic carbocycles. The third-order valence-corrected chi connectivity index (χ3v) is 3.17. The van der Waals surface area contributed by atoms with Gasteiger partial charge in [0.05, 0.1) is 4.92 Å². The van der Waals surface area contributed by atoms with Crippen LogP contribution in [0.25, 0.3) is 10.9 Å². The molecule has 0 saturated heterocycles. The molecule has 5 nitrogen and oxygen atoms in total. The van der Waals surface area contributed by atoms with Crippen LogP contribution in [0.5, 0.6) is 0 Å². The molecule has 0 unspecified atom stereocenters. The molecule has 0 aliphatic heterocycles. The summed E-state index contributed by atoms with van der Waals surface area (Å²) in [4.78, 5) is 13.5. The molecule has 1 heterocycles. The molecule has 3 aromatic rings. The fraction of sp³-hybridized carbons (Fsp3) is 0.0667. The maximum absolute atomic E-state index is 10.7. The molecule has 3 rings (SSSR count). The molecule has 0 spiro atoms. The van der Waals surface area contributed by atoms with Gasteiger partial charge in [-0.15, -0.1) is 0 Å².